The molecule has 0 unspecified atom stereocenters. The number of likely N-dealkylation sites (N-methyl/N-ethyl adjacent to an activating group) is 1. The Kier molecular flexibility index (Phi) is 12.7. The lowest BCUT2D eigenvalue weighted by Gasteiger charge is -2.35. The quantitative estimate of drug-likeness (QED) is 0.375. The van der Waals surface area contributed by atoms with Crippen molar-refractivity contribution in [2.24, 2.45) is 5.92 Å². The smallest absolute Gasteiger partial charge is 0.416 e. The van der Waals surface area contributed by atoms with Crippen LogP contribution in [-0.2, 0) is 20.9 Å². The van der Waals surface area contributed by atoms with E-state index in [1.807, 2.05) is 13.8 Å². The maximum atomic E-state index is 14.1. The number of rotatable bonds is 7. The molecule has 46 heavy (non-hydrogen) atoms. The maximum Gasteiger partial charge on any atom is 0.416 e. The molecule has 1 aliphatic rings. The third-order valence-corrected chi connectivity index (χ3v) is 8.23. The fourth-order valence-corrected chi connectivity index (χ4v) is 5.53. The van der Waals surface area contributed by atoms with Crippen molar-refractivity contribution in [1.29, 1.82) is 0 Å². The van der Waals surface area contributed by atoms with Gasteiger partial charge >= 0.3 is 12.2 Å². The van der Waals surface area contributed by atoms with E-state index in [2.05, 4.69) is 10.0 Å². The summed E-state index contributed by atoms with van der Waals surface area (Å²) in [6, 6.07) is 7.40. The Balaban J connectivity index is 1.87. The predicted octanol–water partition coefficient (Wildman–Crippen LogP) is 5.04. The zero-order chi connectivity index (χ0) is 34.2. The second-order valence-electron chi connectivity index (χ2n) is 11.8. The summed E-state index contributed by atoms with van der Waals surface area (Å²) in [5.41, 5.74) is -0.337. The molecule has 0 bridgehead atoms. The lowest BCUT2D eigenvalue weighted by Crippen LogP contribution is -2.48. The van der Waals surface area contributed by atoms with Gasteiger partial charge in [-0.1, -0.05) is 6.92 Å². The van der Waals surface area contributed by atoms with Crippen molar-refractivity contribution in [3.63, 3.8) is 0 Å². The highest BCUT2D eigenvalue weighted by Crippen LogP contribution is 2.31. The maximum absolute atomic E-state index is 14.1. The predicted molar refractivity (Wildman–Crippen MR) is 168 cm³/mol. The standard InChI is InChI=1S/C31H43F3N4O7S/c1-20-17-38(21(2)19-39)29(40)26-16-25(36-46(5,42)43)13-14-27(26)45-22(3)8-6-7-15-44-28(20)18-37(4)30(41)35-24-11-9-23(10-12-24)31(32,33)34/h9-14,16,20-22,28,36,39H,6-8,15,17-19H2,1-5H3,(H,35,41)/t20-,21-,22-,28+/m0/s1. The number of urea groups is 1. The van der Waals surface area contributed by atoms with E-state index in [4.69, 9.17) is 9.47 Å². The van der Waals surface area contributed by atoms with E-state index in [0.29, 0.717) is 19.4 Å². The molecule has 1 heterocycles. The summed E-state index contributed by atoms with van der Waals surface area (Å²) in [6.07, 6.45) is -2.24. The van der Waals surface area contributed by atoms with E-state index in [1.54, 1.807) is 13.0 Å². The number of nitrogens with one attached hydrogen (secondary N) is 2. The van der Waals surface area contributed by atoms with Gasteiger partial charge in [0.1, 0.15) is 5.75 Å². The molecule has 0 saturated carbocycles. The third kappa shape index (κ3) is 10.8. The number of alkyl halides is 3. The van der Waals surface area contributed by atoms with Crippen molar-refractivity contribution in [2.45, 2.75) is 64.5 Å². The summed E-state index contributed by atoms with van der Waals surface area (Å²) in [5, 5.41) is 12.7. The molecular formula is C31H43F3N4O7S. The molecule has 3 N–H and O–H groups in total. The van der Waals surface area contributed by atoms with E-state index in [1.165, 1.54) is 41.1 Å². The van der Waals surface area contributed by atoms with Gasteiger partial charge in [-0.2, -0.15) is 13.2 Å². The average Bonchev–Trinajstić information content (AvgIpc) is 2.97. The summed E-state index contributed by atoms with van der Waals surface area (Å²) < 4.78 is 77.3. The van der Waals surface area contributed by atoms with E-state index in [0.717, 1.165) is 24.8 Å². The molecular weight excluding hydrogens is 629 g/mol. The summed E-state index contributed by atoms with van der Waals surface area (Å²) in [7, 11) is -2.10. The van der Waals surface area contributed by atoms with Crippen LogP contribution in [0.3, 0.4) is 0 Å². The average molecular weight is 673 g/mol. The number of fused-ring (bicyclic) bond motifs is 1. The minimum absolute atomic E-state index is 0.0989. The number of benzene rings is 2. The minimum atomic E-state index is -4.50. The number of carbonyl (C=O) groups is 2. The molecule has 11 nitrogen and oxygen atoms in total. The van der Waals surface area contributed by atoms with Crippen molar-refractivity contribution in [3.8, 4) is 5.75 Å². The van der Waals surface area contributed by atoms with Crippen LogP contribution in [-0.4, -0.2) is 93.1 Å². The Hall–Kier alpha value is -3.56. The Morgan fingerprint density at radius 2 is 1.78 bits per heavy atom. The number of ether oxygens (including phenoxy) is 2. The molecule has 0 aromatic heterocycles. The lowest BCUT2D eigenvalue weighted by molar-refractivity contribution is -0.137. The number of hydrogen-bond donors (Lipinski definition) is 3. The molecule has 0 fully saturated rings. The van der Waals surface area contributed by atoms with Gasteiger partial charge in [-0.05, 0) is 75.6 Å². The van der Waals surface area contributed by atoms with Gasteiger partial charge in [-0.25, -0.2) is 13.2 Å². The number of anilines is 2. The van der Waals surface area contributed by atoms with Crippen molar-refractivity contribution >= 4 is 33.3 Å². The molecule has 2 aromatic carbocycles. The summed E-state index contributed by atoms with van der Waals surface area (Å²) in [4.78, 5) is 29.9. The van der Waals surface area contributed by atoms with Crippen LogP contribution < -0.4 is 14.8 Å². The van der Waals surface area contributed by atoms with Crippen molar-refractivity contribution in [3.05, 3.63) is 53.6 Å². The number of aliphatic hydroxyl groups is 1. The van der Waals surface area contributed by atoms with Crippen molar-refractivity contribution in [1.82, 2.24) is 9.80 Å². The highest BCUT2D eigenvalue weighted by atomic mass is 32.2. The van der Waals surface area contributed by atoms with E-state index in [-0.39, 0.29) is 54.4 Å². The van der Waals surface area contributed by atoms with Gasteiger partial charge in [0, 0.05) is 44.0 Å². The molecule has 0 aliphatic carbocycles. The second-order valence-corrected chi connectivity index (χ2v) is 13.5. The molecule has 0 radical (unpaired) electrons. The molecule has 2 aromatic rings. The number of aliphatic hydroxyl groups excluding tert-OH is 1. The van der Waals surface area contributed by atoms with Crippen LogP contribution in [0.2, 0.25) is 0 Å². The Bertz CT molecular complexity index is 1440. The molecule has 0 spiro atoms. The number of sulfonamides is 1. The topological polar surface area (TPSA) is 138 Å². The summed E-state index contributed by atoms with van der Waals surface area (Å²) >= 11 is 0. The zero-order valence-corrected chi connectivity index (χ0v) is 27.5. The van der Waals surface area contributed by atoms with Crippen molar-refractivity contribution in [2.75, 3.05) is 49.6 Å². The number of hydrogen-bond acceptors (Lipinski definition) is 7. The Morgan fingerprint density at radius 3 is 2.39 bits per heavy atom. The minimum Gasteiger partial charge on any atom is -0.490 e. The molecule has 0 saturated heterocycles. The first-order valence-corrected chi connectivity index (χ1v) is 16.9. The molecule has 3 amide bonds. The van der Waals surface area contributed by atoms with E-state index < -0.39 is 45.8 Å². The van der Waals surface area contributed by atoms with Crippen molar-refractivity contribution < 1.29 is 45.8 Å². The van der Waals surface area contributed by atoms with Gasteiger partial charge < -0.3 is 29.7 Å². The van der Waals surface area contributed by atoms with Crippen LogP contribution in [0.1, 0.15) is 56.0 Å². The lowest BCUT2D eigenvalue weighted by atomic mass is 10.0. The van der Waals surface area contributed by atoms with Gasteiger partial charge in [0.25, 0.3) is 5.91 Å². The Labute approximate surface area is 268 Å². The van der Waals surface area contributed by atoms with Gasteiger partial charge in [0.15, 0.2) is 0 Å². The highest BCUT2D eigenvalue weighted by molar-refractivity contribution is 7.92. The third-order valence-electron chi connectivity index (χ3n) is 7.62. The van der Waals surface area contributed by atoms with Crippen LogP contribution in [0.4, 0.5) is 29.3 Å². The van der Waals surface area contributed by atoms with Crippen LogP contribution >= 0.6 is 0 Å². The first-order chi connectivity index (χ1) is 21.5. The van der Waals surface area contributed by atoms with Crippen LogP contribution in [0.5, 0.6) is 5.75 Å². The molecule has 3 rings (SSSR count). The molecule has 256 valence electrons. The molecule has 15 heteroatoms. The fourth-order valence-electron chi connectivity index (χ4n) is 4.98. The summed E-state index contributed by atoms with van der Waals surface area (Å²) in [5.74, 6) is -0.566. The number of carbonyl (C=O) groups excluding carboxylic acids is 2. The second kappa shape index (κ2) is 15.8. The first-order valence-electron chi connectivity index (χ1n) is 15.0. The fraction of sp³-hybridized carbons (Fsp3) is 0.548. The van der Waals surface area contributed by atoms with Gasteiger partial charge in [-0.15, -0.1) is 0 Å². The van der Waals surface area contributed by atoms with Crippen LogP contribution in [0.25, 0.3) is 0 Å². The van der Waals surface area contributed by atoms with E-state index >= 15 is 0 Å². The normalized spacial score (nSPS) is 20.9. The number of halogens is 3. The highest BCUT2D eigenvalue weighted by Gasteiger charge is 2.32. The monoisotopic (exact) mass is 672 g/mol. The van der Waals surface area contributed by atoms with E-state index in [9.17, 15) is 36.3 Å². The molecule has 4 atom stereocenters. The number of nitrogens with zero attached hydrogens (tertiary/aromatic N) is 2. The molecule has 1 aliphatic heterocycles. The zero-order valence-electron chi connectivity index (χ0n) is 26.6. The number of amides is 3. The summed E-state index contributed by atoms with van der Waals surface area (Å²) in [6.45, 7) is 5.62. The van der Waals surface area contributed by atoms with Gasteiger partial charge in [-0.3, -0.25) is 9.52 Å². The first kappa shape index (κ1) is 36.9. The van der Waals surface area contributed by atoms with Crippen LogP contribution in [0, 0.1) is 5.92 Å². The van der Waals surface area contributed by atoms with Gasteiger partial charge in [0.2, 0.25) is 10.0 Å². The Morgan fingerprint density at radius 1 is 1.13 bits per heavy atom. The van der Waals surface area contributed by atoms with Gasteiger partial charge in [0.05, 0.1) is 42.2 Å². The SMILES string of the molecule is C[C@H]1CCCCO[C@H](CN(C)C(=O)Nc2ccc(C(F)(F)F)cc2)[C@@H](C)CN([C@@H](C)CO)C(=O)c2cc(NS(C)(=O)=O)ccc2O1. The largest absolute Gasteiger partial charge is 0.490 e. The van der Waals surface area contributed by atoms with Crippen LogP contribution in [0.15, 0.2) is 42.5 Å².